The van der Waals surface area contributed by atoms with Gasteiger partial charge in [0.15, 0.2) is 0 Å². The summed E-state index contributed by atoms with van der Waals surface area (Å²) in [5.74, 6) is -0.410. The lowest BCUT2D eigenvalue weighted by atomic mass is 10.1. The lowest BCUT2D eigenvalue weighted by Gasteiger charge is -2.08. The summed E-state index contributed by atoms with van der Waals surface area (Å²) in [5, 5.41) is 13.7. The fraction of sp³-hybridized carbons (Fsp3) is 0.167. The highest BCUT2D eigenvalue weighted by atomic mass is 79.9. The van der Waals surface area contributed by atoms with E-state index in [1.54, 1.807) is 19.2 Å². The van der Waals surface area contributed by atoms with Crippen LogP contribution < -0.4 is 5.32 Å². The molecule has 0 fully saturated rings. The molecule has 0 atom stereocenters. The molecule has 0 radical (unpaired) electrons. The van der Waals surface area contributed by atoms with Crippen LogP contribution in [-0.2, 0) is 11.3 Å². The van der Waals surface area contributed by atoms with Crippen molar-refractivity contribution in [3.05, 3.63) is 58.7 Å². The topological polar surface area (TPSA) is 63.5 Å². The number of hydrogen-bond donors (Lipinski definition) is 2. The van der Waals surface area contributed by atoms with Crippen LogP contribution in [0.1, 0.15) is 10.4 Å². The number of halogens is 1. The van der Waals surface area contributed by atoms with E-state index in [1.165, 1.54) is 6.07 Å². The zero-order valence-electron chi connectivity index (χ0n) is 13.1. The average Bonchev–Trinajstić information content (AvgIpc) is 2.95. The van der Waals surface area contributed by atoms with E-state index < -0.39 is 0 Å². The molecule has 124 valence electrons. The van der Waals surface area contributed by atoms with Gasteiger partial charge in [0.25, 0.3) is 5.91 Å². The van der Waals surface area contributed by atoms with Crippen LogP contribution in [0.5, 0.6) is 5.75 Å². The number of nitrogens with zero attached hydrogens (tertiary/aromatic N) is 1. The van der Waals surface area contributed by atoms with Crippen LogP contribution in [0.25, 0.3) is 10.9 Å². The zero-order chi connectivity index (χ0) is 17.1. The van der Waals surface area contributed by atoms with Crippen molar-refractivity contribution in [2.45, 2.75) is 6.54 Å². The second-order valence-corrected chi connectivity index (χ2v) is 6.31. The van der Waals surface area contributed by atoms with Crippen LogP contribution in [0.3, 0.4) is 0 Å². The van der Waals surface area contributed by atoms with Crippen molar-refractivity contribution in [2.24, 2.45) is 0 Å². The van der Waals surface area contributed by atoms with Gasteiger partial charge in [-0.25, -0.2) is 0 Å². The lowest BCUT2D eigenvalue weighted by Crippen LogP contribution is -2.12. The van der Waals surface area contributed by atoms with Crippen LogP contribution >= 0.6 is 15.9 Å². The standard InChI is InChI=1S/C18H17BrN2O3/c1-24-9-8-21-7-6-12-10-14(3-5-16(12)21)20-18(23)15-4-2-13(19)11-17(15)22/h2-7,10-11,22H,8-9H2,1H3,(H,20,23). The van der Waals surface area contributed by atoms with Crippen LogP contribution in [0.4, 0.5) is 5.69 Å². The molecule has 0 saturated carbocycles. The Morgan fingerprint density at radius 2 is 2.08 bits per heavy atom. The molecule has 0 spiro atoms. The molecule has 6 heteroatoms. The molecule has 2 N–H and O–H groups in total. The highest BCUT2D eigenvalue weighted by Crippen LogP contribution is 2.25. The van der Waals surface area contributed by atoms with Gasteiger partial charge in [0.05, 0.1) is 12.2 Å². The predicted octanol–water partition coefficient (Wildman–Crippen LogP) is 4.01. The Labute approximate surface area is 148 Å². The number of hydrogen-bond acceptors (Lipinski definition) is 3. The third kappa shape index (κ3) is 3.44. The molecule has 0 aliphatic carbocycles. The van der Waals surface area contributed by atoms with E-state index in [-0.39, 0.29) is 17.2 Å². The number of carbonyl (C=O) groups excluding carboxylic acids is 1. The number of anilines is 1. The number of carbonyl (C=O) groups is 1. The van der Waals surface area contributed by atoms with E-state index in [2.05, 4.69) is 25.8 Å². The number of fused-ring (bicyclic) bond motifs is 1. The van der Waals surface area contributed by atoms with Crippen LogP contribution in [0, 0.1) is 0 Å². The molecule has 1 aromatic heterocycles. The van der Waals surface area contributed by atoms with Gasteiger partial charge in [0, 0.05) is 40.9 Å². The molecule has 0 aliphatic rings. The number of amides is 1. The van der Waals surface area contributed by atoms with Crippen LogP contribution in [-0.4, -0.2) is 29.3 Å². The number of rotatable bonds is 5. The largest absolute Gasteiger partial charge is 0.507 e. The van der Waals surface area contributed by atoms with Gasteiger partial charge in [-0.3, -0.25) is 4.79 Å². The fourth-order valence-electron chi connectivity index (χ4n) is 2.56. The van der Waals surface area contributed by atoms with E-state index in [4.69, 9.17) is 4.74 Å². The summed E-state index contributed by atoms with van der Waals surface area (Å²) in [7, 11) is 1.68. The van der Waals surface area contributed by atoms with Crippen LogP contribution in [0.15, 0.2) is 53.1 Å². The minimum absolute atomic E-state index is 0.0614. The van der Waals surface area contributed by atoms with Crippen molar-refractivity contribution < 1.29 is 14.6 Å². The van der Waals surface area contributed by atoms with E-state index >= 15 is 0 Å². The number of phenols is 1. The summed E-state index contributed by atoms with van der Waals surface area (Å²) >= 11 is 3.26. The van der Waals surface area contributed by atoms with E-state index in [0.717, 1.165) is 21.9 Å². The first kappa shape index (κ1) is 16.5. The van der Waals surface area contributed by atoms with Gasteiger partial charge >= 0.3 is 0 Å². The molecule has 0 bridgehead atoms. The van der Waals surface area contributed by atoms with Crippen molar-refractivity contribution in [3.8, 4) is 5.75 Å². The Kier molecular flexibility index (Phi) is 4.87. The van der Waals surface area contributed by atoms with Crippen LogP contribution in [0.2, 0.25) is 0 Å². The van der Waals surface area contributed by atoms with Crippen molar-refractivity contribution >= 4 is 38.4 Å². The number of phenolic OH excluding ortho intramolecular Hbond substituents is 1. The minimum atomic E-state index is -0.349. The Balaban J connectivity index is 1.81. The van der Waals surface area contributed by atoms with E-state index in [1.807, 2.05) is 30.5 Å². The van der Waals surface area contributed by atoms with Crippen molar-refractivity contribution in [2.75, 3.05) is 19.0 Å². The van der Waals surface area contributed by atoms with Crippen molar-refractivity contribution in [1.29, 1.82) is 0 Å². The number of nitrogens with one attached hydrogen (secondary N) is 1. The Morgan fingerprint density at radius 3 is 2.83 bits per heavy atom. The monoisotopic (exact) mass is 388 g/mol. The van der Waals surface area contributed by atoms with Gasteiger partial charge in [0.2, 0.25) is 0 Å². The van der Waals surface area contributed by atoms with Gasteiger partial charge in [-0.1, -0.05) is 15.9 Å². The lowest BCUT2D eigenvalue weighted by molar-refractivity contribution is 0.102. The number of methoxy groups -OCH3 is 1. The van der Waals surface area contributed by atoms with Gasteiger partial charge < -0.3 is 19.7 Å². The molecular formula is C18H17BrN2O3. The summed E-state index contributed by atoms with van der Waals surface area (Å²) in [6.45, 7) is 1.42. The molecule has 0 aliphatic heterocycles. The number of benzene rings is 2. The summed E-state index contributed by atoms with van der Waals surface area (Å²) in [6.07, 6.45) is 2.00. The predicted molar refractivity (Wildman–Crippen MR) is 97.6 cm³/mol. The van der Waals surface area contributed by atoms with E-state index in [9.17, 15) is 9.90 Å². The Morgan fingerprint density at radius 1 is 1.25 bits per heavy atom. The molecule has 1 amide bonds. The third-order valence-corrected chi connectivity index (χ3v) is 4.26. The number of aromatic hydroxyl groups is 1. The first-order valence-corrected chi connectivity index (χ1v) is 8.25. The smallest absolute Gasteiger partial charge is 0.259 e. The quantitative estimate of drug-likeness (QED) is 0.693. The third-order valence-electron chi connectivity index (χ3n) is 3.77. The summed E-state index contributed by atoms with van der Waals surface area (Å²) < 4.78 is 7.92. The first-order valence-electron chi connectivity index (χ1n) is 7.46. The maximum Gasteiger partial charge on any atom is 0.259 e. The molecule has 1 heterocycles. The molecule has 3 rings (SSSR count). The minimum Gasteiger partial charge on any atom is -0.507 e. The maximum atomic E-state index is 12.3. The second-order valence-electron chi connectivity index (χ2n) is 5.39. The van der Waals surface area contributed by atoms with Gasteiger partial charge in [-0.2, -0.15) is 0 Å². The van der Waals surface area contributed by atoms with Gasteiger partial charge in [-0.05, 0) is 42.5 Å². The van der Waals surface area contributed by atoms with Gasteiger partial charge in [-0.15, -0.1) is 0 Å². The molecule has 5 nitrogen and oxygen atoms in total. The Bertz CT molecular complexity index is 889. The molecular weight excluding hydrogens is 372 g/mol. The highest BCUT2D eigenvalue weighted by molar-refractivity contribution is 9.10. The second kappa shape index (κ2) is 7.07. The summed E-state index contributed by atoms with van der Waals surface area (Å²) in [4.78, 5) is 12.3. The summed E-state index contributed by atoms with van der Waals surface area (Å²) in [5.41, 5.74) is 1.99. The first-order chi connectivity index (χ1) is 11.6. The highest BCUT2D eigenvalue weighted by Gasteiger charge is 2.12. The normalized spacial score (nSPS) is 10.9. The molecule has 0 unspecified atom stereocenters. The SMILES string of the molecule is COCCn1ccc2cc(NC(=O)c3ccc(Br)cc3O)ccc21. The molecule has 0 saturated heterocycles. The zero-order valence-corrected chi connectivity index (χ0v) is 14.7. The average molecular weight is 389 g/mol. The number of aromatic nitrogens is 1. The van der Waals surface area contributed by atoms with Crippen molar-refractivity contribution in [1.82, 2.24) is 4.57 Å². The fourth-order valence-corrected chi connectivity index (χ4v) is 2.91. The van der Waals surface area contributed by atoms with E-state index in [0.29, 0.717) is 12.3 Å². The van der Waals surface area contributed by atoms with Gasteiger partial charge in [0.1, 0.15) is 5.75 Å². The van der Waals surface area contributed by atoms with Crippen molar-refractivity contribution in [3.63, 3.8) is 0 Å². The molecule has 2 aromatic carbocycles. The number of ether oxygens (including phenoxy) is 1. The molecule has 24 heavy (non-hydrogen) atoms. The maximum absolute atomic E-state index is 12.3. The Hall–Kier alpha value is -2.31. The molecule has 3 aromatic rings. The summed E-state index contributed by atoms with van der Waals surface area (Å²) in [6, 6.07) is 12.5.